The fourth-order valence-corrected chi connectivity index (χ4v) is 3.11. The number of likely N-dealkylation sites (N-methyl/N-ethyl adjacent to an activating group) is 1. The summed E-state index contributed by atoms with van der Waals surface area (Å²) >= 11 is 0. The second kappa shape index (κ2) is 7.21. The molecule has 3 heterocycles. The first-order valence-corrected chi connectivity index (χ1v) is 8.78. The third-order valence-electron chi connectivity index (χ3n) is 4.65. The standard InChI is InChI=1S/C19H22N4O3/c1-22-4-6-23(7-5-22)16-10-14(12-20-13-16)19(24)21-15-2-3-17-18(11-15)26-9-8-25-17/h2-3,10-13H,4-9H2,1H3,(H,21,24). The van der Waals surface area contributed by atoms with Gasteiger partial charge in [0.05, 0.1) is 17.4 Å². The molecule has 0 atom stereocenters. The zero-order chi connectivity index (χ0) is 17.9. The fraction of sp³-hybridized carbons (Fsp3) is 0.368. The van der Waals surface area contributed by atoms with E-state index in [0.29, 0.717) is 36.0 Å². The van der Waals surface area contributed by atoms with Crippen molar-refractivity contribution < 1.29 is 14.3 Å². The average molecular weight is 354 g/mol. The number of hydrogen-bond acceptors (Lipinski definition) is 6. The van der Waals surface area contributed by atoms with Gasteiger partial charge in [-0.05, 0) is 25.2 Å². The van der Waals surface area contributed by atoms with Gasteiger partial charge in [0, 0.05) is 44.1 Å². The highest BCUT2D eigenvalue weighted by Gasteiger charge is 2.17. The van der Waals surface area contributed by atoms with Crippen molar-refractivity contribution in [3.8, 4) is 11.5 Å². The molecule has 1 fully saturated rings. The summed E-state index contributed by atoms with van der Waals surface area (Å²) in [5.74, 6) is 1.16. The highest BCUT2D eigenvalue weighted by atomic mass is 16.6. The molecule has 0 radical (unpaired) electrons. The molecule has 1 saturated heterocycles. The number of carbonyl (C=O) groups is 1. The minimum atomic E-state index is -0.190. The Morgan fingerprint density at radius 2 is 1.81 bits per heavy atom. The third kappa shape index (κ3) is 3.57. The van der Waals surface area contributed by atoms with Gasteiger partial charge < -0.3 is 24.6 Å². The van der Waals surface area contributed by atoms with E-state index >= 15 is 0 Å². The molecule has 136 valence electrons. The number of ether oxygens (including phenoxy) is 2. The number of nitrogens with one attached hydrogen (secondary N) is 1. The number of carbonyl (C=O) groups excluding carboxylic acids is 1. The zero-order valence-corrected chi connectivity index (χ0v) is 14.8. The van der Waals surface area contributed by atoms with Crippen LogP contribution in [0.15, 0.2) is 36.7 Å². The number of benzene rings is 1. The van der Waals surface area contributed by atoms with E-state index in [0.717, 1.165) is 31.9 Å². The van der Waals surface area contributed by atoms with Gasteiger partial charge in [-0.15, -0.1) is 0 Å². The van der Waals surface area contributed by atoms with Crippen LogP contribution in [0.1, 0.15) is 10.4 Å². The first-order chi connectivity index (χ1) is 12.7. The summed E-state index contributed by atoms with van der Waals surface area (Å²) in [6.07, 6.45) is 3.40. The summed E-state index contributed by atoms with van der Waals surface area (Å²) in [6.45, 7) is 4.95. The van der Waals surface area contributed by atoms with E-state index in [1.807, 2.05) is 24.4 Å². The van der Waals surface area contributed by atoms with Gasteiger partial charge in [-0.1, -0.05) is 0 Å². The number of nitrogens with zero attached hydrogens (tertiary/aromatic N) is 3. The molecule has 0 aliphatic carbocycles. The lowest BCUT2D eigenvalue weighted by molar-refractivity contribution is 0.102. The lowest BCUT2D eigenvalue weighted by atomic mass is 10.2. The van der Waals surface area contributed by atoms with E-state index in [2.05, 4.69) is 27.1 Å². The number of hydrogen-bond donors (Lipinski definition) is 1. The smallest absolute Gasteiger partial charge is 0.257 e. The molecule has 7 heteroatoms. The number of anilines is 2. The molecule has 7 nitrogen and oxygen atoms in total. The molecule has 1 amide bonds. The van der Waals surface area contributed by atoms with Gasteiger partial charge in [-0.3, -0.25) is 9.78 Å². The van der Waals surface area contributed by atoms with Crippen molar-refractivity contribution in [3.05, 3.63) is 42.2 Å². The van der Waals surface area contributed by atoms with Crippen molar-refractivity contribution in [2.45, 2.75) is 0 Å². The van der Waals surface area contributed by atoms with Crippen LogP contribution in [-0.4, -0.2) is 62.2 Å². The number of amides is 1. The van der Waals surface area contributed by atoms with E-state index in [1.165, 1.54) is 0 Å². The maximum atomic E-state index is 12.6. The molecule has 0 unspecified atom stereocenters. The van der Waals surface area contributed by atoms with Gasteiger partial charge in [-0.2, -0.15) is 0 Å². The first-order valence-electron chi connectivity index (χ1n) is 8.78. The molecule has 4 rings (SSSR count). The Bertz CT molecular complexity index is 803. The maximum absolute atomic E-state index is 12.6. The minimum Gasteiger partial charge on any atom is -0.486 e. The predicted molar refractivity (Wildman–Crippen MR) is 99.3 cm³/mol. The van der Waals surface area contributed by atoms with E-state index in [1.54, 1.807) is 12.3 Å². The number of aromatic nitrogens is 1. The van der Waals surface area contributed by atoms with E-state index in [4.69, 9.17) is 9.47 Å². The Balaban J connectivity index is 1.47. The van der Waals surface area contributed by atoms with E-state index in [-0.39, 0.29) is 5.91 Å². The van der Waals surface area contributed by atoms with Crippen molar-refractivity contribution in [3.63, 3.8) is 0 Å². The summed E-state index contributed by atoms with van der Waals surface area (Å²) in [4.78, 5) is 21.4. The van der Waals surface area contributed by atoms with Crippen molar-refractivity contribution in [2.75, 3.05) is 56.7 Å². The quantitative estimate of drug-likeness (QED) is 0.908. The van der Waals surface area contributed by atoms with Crippen LogP contribution in [0.3, 0.4) is 0 Å². The number of rotatable bonds is 3. The maximum Gasteiger partial charge on any atom is 0.257 e. The summed E-state index contributed by atoms with van der Waals surface area (Å²) in [6, 6.07) is 7.29. The molecule has 1 N–H and O–H groups in total. The fourth-order valence-electron chi connectivity index (χ4n) is 3.11. The van der Waals surface area contributed by atoms with Crippen LogP contribution in [0, 0.1) is 0 Å². The van der Waals surface area contributed by atoms with Gasteiger partial charge >= 0.3 is 0 Å². The van der Waals surface area contributed by atoms with Crippen LogP contribution in [0.5, 0.6) is 11.5 Å². The summed E-state index contributed by atoms with van der Waals surface area (Å²) in [5.41, 5.74) is 2.19. The lowest BCUT2D eigenvalue weighted by Crippen LogP contribution is -2.44. The van der Waals surface area contributed by atoms with Gasteiger partial charge in [0.2, 0.25) is 0 Å². The Labute approximate surface area is 152 Å². The average Bonchev–Trinajstić information content (AvgIpc) is 2.68. The van der Waals surface area contributed by atoms with Crippen LogP contribution in [0.4, 0.5) is 11.4 Å². The molecule has 2 aromatic rings. The molecule has 26 heavy (non-hydrogen) atoms. The Morgan fingerprint density at radius 1 is 1.04 bits per heavy atom. The second-order valence-corrected chi connectivity index (χ2v) is 6.53. The summed E-state index contributed by atoms with van der Waals surface area (Å²) in [7, 11) is 2.12. The largest absolute Gasteiger partial charge is 0.486 e. The van der Waals surface area contributed by atoms with Gasteiger partial charge in [0.15, 0.2) is 11.5 Å². The van der Waals surface area contributed by atoms with Crippen LogP contribution in [0.2, 0.25) is 0 Å². The van der Waals surface area contributed by atoms with Crippen molar-refractivity contribution in [1.82, 2.24) is 9.88 Å². The molecule has 1 aromatic heterocycles. The molecular weight excluding hydrogens is 332 g/mol. The van der Waals surface area contributed by atoms with E-state index < -0.39 is 0 Å². The normalized spacial score (nSPS) is 17.0. The molecule has 2 aliphatic rings. The minimum absolute atomic E-state index is 0.190. The van der Waals surface area contributed by atoms with Crippen LogP contribution in [0.25, 0.3) is 0 Å². The van der Waals surface area contributed by atoms with Gasteiger partial charge in [0.1, 0.15) is 13.2 Å². The van der Waals surface area contributed by atoms with Crippen LogP contribution >= 0.6 is 0 Å². The SMILES string of the molecule is CN1CCN(c2cncc(C(=O)Nc3ccc4c(c3)OCCO4)c2)CC1. The third-order valence-corrected chi connectivity index (χ3v) is 4.65. The molecule has 2 aliphatic heterocycles. The monoisotopic (exact) mass is 354 g/mol. The molecule has 0 bridgehead atoms. The molecular formula is C19H22N4O3. The number of piperazine rings is 1. The van der Waals surface area contributed by atoms with Gasteiger partial charge in [-0.25, -0.2) is 0 Å². The van der Waals surface area contributed by atoms with Crippen molar-refractivity contribution >= 4 is 17.3 Å². The van der Waals surface area contributed by atoms with Crippen molar-refractivity contribution in [1.29, 1.82) is 0 Å². The van der Waals surface area contributed by atoms with Crippen LogP contribution < -0.4 is 19.7 Å². The second-order valence-electron chi connectivity index (χ2n) is 6.53. The number of pyridine rings is 1. The van der Waals surface area contributed by atoms with E-state index in [9.17, 15) is 4.79 Å². The van der Waals surface area contributed by atoms with Crippen LogP contribution in [-0.2, 0) is 0 Å². The molecule has 0 spiro atoms. The first kappa shape index (κ1) is 16.7. The predicted octanol–water partition coefficient (Wildman–Crippen LogP) is 1.86. The Hall–Kier alpha value is -2.80. The molecule has 0 saturated carbocycles. The van der Waals surface area contributed by atoms with Gasteiger partial charge in [0.25, 0.3) is 5.91 Å². The number of fused-ring (bicyclic) bond motifs is 1. The zero-order valence-electron chi connectivity index (χ0n) is 14.8. The Kier molecular flexibility index (Phi) is 4.62. The molecule has 1 aromatic carbocycles. The Morgan fingerprint density at radius 3 is 2.62 bits per heavy atom. The lowest BCUT2D eigenvalue weighted by Gasteiger charge is -2.33. The topological polar surface area (TPSA) is 66.9 Å². The summed E-state index contributed by atoms with van der Waals surface area (Å²) < 4.78 is 11.1. The highest BCUT2D eigenvalue weighted by Crippen LogP contribution is 2.32. The summed E-state index contributed by atoms with van der Waals surface area (Å²) in [5, 5.41) is 2.90. The highest BCUT2D eigenvalue weighted by molar-refractivity contribution is 6.04. The van der Waals surface area contributed by atoms with Crippen molar-refractivity contribution in [2.24, 2.45) is 0 Å².